The SMILES string of the molecule is OC/C(F)=C(\F)CO. The third kappa shape index (κ3) is 1.99. The van der Waals surface area contributed by atoms with Crippen molar-refractivity contribution >= 4 is 0 Å². The van der Waals surface area contributed by atoms with Gasteiger partial charge in [-0.25, -0.2) is 8.78 Å². The molecule has 0 aliphatic heterocycles. The molecule has 0 bridgehead atoms. The topological polar surface area (TPSA) is 40.5 Å². The second-order valence-electron chi connectivity index (χ2n) is 1.13. The van der Waals surface area contributed by atoms with E-state index in [1.54, 1.807) is 0 Å². The van der Waals surface area contributed by atoms with Crippen LogP contribution in [-0.2, 0) is 0 Å². The van der Waals surface area contributed by atoms with Crippen molar-refractivity contribution < 1.29 is 19.0 Å². The normalized spacial score (nSPS) is 13.5. The van der Waals surface area contributed by atoms with E-state index in [1.807, 2.05) is 0 Å². The predicted molar refractivity (Wildman–Crippen MR) is 23.4 cm³/mol. The minimum atomic E-state index is -1.31. The van der Waals surface area contributed by atoms with Crippen LogP contribution in [0.2, 0.25) is 0 Å². The first-order valence-corrected chi connectivity index (χ1v) is 1.97. The van der Waals surface area contributed by atoms with Gasteiger partial charge in [0, 0.05) is 0 Å². The molecule has 0 saturated carbocycles. The Hall–Kier alpha value is -0.480. The average molecular weight is 124 g/mol. The average Bonchev–Trinajstić information content (AvgIpc) is 1.84. The van der Waals surface area contributed by atoms with Crippen LogP contribution < -0.4 is 0 Å². The molecule has 0 spiro atoms. The van der Waals surface area contributed by atoms with Crippen molar-refractivity contribution in [1.82, 2.24) is 0 Å². The molecule has 0 aliphatic rings. The van der Waals surface area contributed by atoms with Crippen molar-refractivity contribution in [2.45, 2.75) is 0 Å². The highest BCUT2D eigenvalue weighted by molar-refractivity contribution is 4.98. The lowest BCUT2D eigenvalue weighted by Gasteiger charge is -1.89. The van der Waals surface area contributed by atoms with Crippen LogP contribution in [0.25, 0.3) is 0 Å². The Bertz CT molecular complexity index is 88.2. The van der Waals surface area contributed by atoms with Crippen LogP contribution in [0, 0.1) is 0 Å². The van der Waals surface area contributed by atoms with Crippen molar-refractivity contribution in [3.8, 4) is 0 Å². The van der Waals surface area contributed by atoms with Gasteiger partial charge in [0.15, 0.2) is 11.7 Å². The maximum absolute atomic E-state index is 11.6. The highest BCUT2D eigenvalue weighted by atomic mass is 19.2. The van der Waals surface area contributed by atoms with Crippen molar-refractivity contribution in [3.05, 3.63) is 11.7 Å². The second-order valence-corrected chi connectivity index (χ2v) is 1.13. The van der Waals surface area contributed by atoms with Gasteiger partial charge in [-0.05, 0) is 0 Å². The summed E-state index contributed by atoms with van der Waals surface area (Å²) in [6, 6.07) is 0. The zero-order chi connectivity index (χ0) is 6.57. The van der Waals surface area contributed by atoms with E-state index in [9.17, 15) is 8.78 Å². The van der Waals surface area contributed by atoms with Gasteiger partial charge in [0.2, 0.25) is 0 Å². The fourth-order valence-corrected chi connectivity index (χ4v) is 0.172. The Morgan fingerprint density at radius 2 is 1.25 bits per heavy atom. The fraction of sp³-hybridized carbons (Fsp3) is 0.500. The van der Waals surface area contributed by atoms with Crippen molar-refractivity contribution in [2.75, 3.05) is 13.2 Å². The standard InChI is InChI=1S/C4H6F2O2/c5-3(1-7)4(6)2-8/h7-8H,1-2H2/b4-3+. The van der Waals surface area contributed by atoms with Crippen molar-refractivity contribution in [1.29, 1.82) is 0 Å². The van der Waals surface area contributed by atoms with E-state index in [0.29, 0.717) is 0 Å². The number of aliphatic hydroxyl groups is 2. The molecule has 0 radical (unpaired) electrons. The van der Waals surface area contributed by atoms with Crippen molar-refractivity contribution in [2.24, 2.45) is 0 Å². The smallest absolute Gasteiger partial charge is 0.159 e. The van der Waals surface area contributed by atoms with Crippen LogP contribution >= 0.6 is 0 Å². The fourth-order valence-electron chi connectivity index (χ4n) is 0.172. The van der Waals surface area contributed by atoms with Gasteiger partial charge < -0.3 is 10.2 Å². The van der Waals surface area contributed by atoms with E-state index >= 15 is 0 Å². The van der Waals surface area contributed by atoms with Crippen LogP contribution in [0.3, 0.4) is 0 Å². The van der Waals surface area contributed by atoms with Gasteiger partial charge in [-0.1, -0.05) is 0 Å². The maximum Gasteiger partial charge on any atom is 0.159 e. The predicted octanol–water partition coefficient (Wildman–Crippen LogP) is 0.122. The minimum absolute atomic E-state index is 0.994. The van der Waals surface area contributed by atoms with Crippen molar-refractivity contribution in [3.63, 3.8) is 0 Å². The Balaban J connectivity index is 3.83. The van der Waals surface area contributed by atoms with Gasteiger partial charge in [0.25, 0.3) is 0 Å². The van der Waals surface area contributed by atoms with E-state index in [4.69, 9.17) is 10.2 Å². The zero-order valence-electron chi connectivity index (χ0n) is 4.06. The summed E-state index contributed by atoms with van der Waals surface area (Å²) in [7, 11) is 0. The van der Waals surface area contributed by atoms with Crippen LogP contribution in [0.4, 0.5) is 8.78 Å². The quantitative estimate of drug-likeness (QED) is 0.549. The molecular formula is C4H6F2O2. The van der Waals surface area contributed by atoms with Gasteiger partial charge in [-0.2, -0.15) is 0 Å². The van der Waals surface area contributed by atoms with Gasteiger partial charge >= 0.3 is 0 Å². The van der Waals surface area contributed by atoms with Gasteiger partial charge in [0.05, 0.1) is 13.2 Å². The Morgan fingerprint density at radius 1 is 1.00 bits per heavy atom. The summed E-state index contributed by atoms with van der Waals surface area (Å²) < 4.78 is 23.2. The number of hydrogen-bond donors (Lipinski definition) is 2. The van der Waals surface area contributed by atoms with E-state index in [2.05, 4.69) is 0 Å². The molecule has 0 unspecified atom stereocenters. The van der Waals surface area contributed by atoms with E-state index in [0.717, 1.165) is 0 Å². The van der Waals surface area contributed by atoms with Gasteiger partial charge in [0.1, 0.15) is 0 Å². The van der Waals surface area contributed by atoms with E-state index in [-0.39, 0.29) is 0 Å². The Kier molecular flexibility index (Phi) is 3.30. The molecule has 0 aromatic heterocycles. The molecule has 2 N–H and O–H groups in total. The molecule has 0 heterocycles. The minimum Gasteiger partial charge on any atom is -0.389 e. The Morgan fingerprint density at radius 3 is 1.38 bits per heavy atom. The summed E-state index contributed by atoms with van der Waals surface area (Å²) in [5, 5.41) is 15.7. The number of hydrogen-bond acceptors (Lipinski definition) is 2. The summed E-state index contributed by atoms with van der Waals surface area (Å²) in [5.41, 5.74) is 0. The summed E-state index contributed by atoms with van der Waals surface area (Å²) in [6.07, 6.45) is 0. The summed E-state index contributed by atoms with van der Waals surface area (Å²) in [5.74, 6) is -2.62. The molecule has 0 aromatic carbocycles. The molecule has 0 aliphatic carbocycles. The molecule has 0 amide bonds. The first kappa shape index (κ1) is 7.52. The molecule has 48 valence electrons. The van der Waals surface area contributed by atoms with Gasteiger partial charge in [-0.15, -0.1) is 0 Å². The monoisotopic (exact) mass is 124 g/mol. The maximum atomic E-state index is 11.6. The lowest BCUT2D eigenvalue weighted by atomic mass is 10.5. The number of rotatable bonds is 2. The molecule has 4 heteroatoms. The third-order valence-corrected chi connectivity index (χ3v) is 0.572. The number of aliphatic hydroxyl groups excluding tert-OH is 2. The van der Waals surface area contributed by atoms with Crippen LogP contribution in [0.15, 0.2) is 11.7 Å². The molecule has 0 rings (SSSR count). The molecule has 0 fully saturated rings. The molecule has 0 atom stereocenters. The van der Waals surface area contributed by atoms with Crippen LogP contribution in [0.1, 0.15) is 0 Å². The van der Waals surface area contributed by atoms with Crippen LogP contribution in [0.5, 0.6) is 0 Å². The molecule has 2 nitrogen and oxygen atoms in total. The molecular weight excluding hydrogens is 118 g/mol. The highest BCUT2D eigenvalue weighted by Crippen LogP contribution is 2.04. The molecule has 8 heavy (non-hydrogen) atoms. The first-order chi connectivity index (χ1) is 3.72. The Labute approximate surface area is 45.1 Å². The van der Waals surface area contributed by atoms with E-state index in [1.165, 1.54) is 0 Å². The summed E-state index contributed by atoms with van der Waals surface area (Å²) in [4.78, 5) is 0. The van der Waals surface area contributed by atoms with Crippen LogP contribution in [-0.4, -0.2) is 23.4 Å². The number of halogens is 2. The zero-order valence-corrected chi connectivity index (χ0v) is 4.06. The highest BCUT2D eigenvalue weighted by Gasteiger charge is 2.00. The second kappa shape index (κ2) is 3.51. The van der Waals surface area contributed by atoms with E-state index < -0.39 is 24.9 Å². The largest absolute Gasteiger partial charge is 0.389 e. The first-order valence-electron chi connectivity index (χ1n) is 1.97. The lowest BCUT2D eigenvalue weighted by molar-refractivity contribution is 0.258. The molecule has 0 saturated heterocycles. The lowest BCUT2D eigenvalue weighted by Crippen LogP contribution is -1.90. The summed E-state index contributed by atoms with van der Waals surface area (Å²) in [6.45, 7) is -1.99. The molecule has 0 aromatic rings. The van der Waals surface area contributed by atoms with Gasteiger partial charge in [-0.3, -0.25) is 0 Å². The third-order valence-electron chi connectivity index (χ3n) is 0.572. The summed E-state index contributed by atoms with van der Waals surface area (Å²) >= 11 is 0.